The number of likely N-dealkylation sites (tertiary alicyclic amines) is 1. The maximum atomic E-state index is 13.8. The normalized spacial score (nSPS) is 23.7. The average molecular weight is 477 g/mol. The predicted molar refractivity (Wildman–Crippen MR) is 131 cm³/mol. The van der Waals surface area contributed by atoms with E-state index in [1.165, 1.54) is 11.0 Å². The van der Waals surface area contributed by atoms with Crippen molar-refractivity contribution in [1.82, 2.24) is 4.90 Å². The van der Waals surface area contributed by atoms with Gasteiger partial charge < -0.3 is 10.1 Å². The summed E-state index contributed by atoms with van der Waals surface area (Å²) in [6.45, 7) is 7.83. The van der Waals surface area contributed by atoms with Gasteiger partial charge in [0.1, 0.15) is 6.04 Å². The van der Waals surface area contributed by atoms with Gasteiger partial charge in [-0.3, -0.25) is 19.3 Å². The number of anilines is 1. The van der Waals surface area contributed by atoms with Gasteiger partial charge in [0.2, 0.25) is 17.7 Å². The molecule has 1 heterocycles. The van der Waals surface area contributed by atoms with E-state index in [1.54, 1.807) is 25.1 Å². The molecule has 3 atom stereocenters. The van der Waals surface area contributed by atoms with Crippen molar-refractivity contribution in [2.24, 2.45) is 16.7 Å². The molecule has 1 saturated carbocycles. The van der Waals surface area contributed by atoms with Crippen LogP contribution in [0.3, 0.4) is 0 Å². The molecule has 0 radical (unpaired) electrons. The number of imide groups is 1. The third kappa shape index (κ3) is 4.24. The number of hydrogen-bond acceptors (Lipinski definition) is 5. The van der Waals surface area contributed by atoms with E-state index in [1.807, 2.05) is 51.1 Å². The Bertz CT molecular complexity index is 1160. The lowest BCUT2D eigenvalue weighted by Crippen LogP contribution is -2.64. The molecule has 35 heavy (non-hydrogen) atoms. The topological polar surface area (TPSA) is 92.8 Å². The third-order valence-electron chi connectivity index (χ3n) is 7.98. The smallest absolute Gasteiger partial charge is 0.338 e. The largest absolute Gasteiger partial charge is 0.462 e. The van der Waals surface area contributed by atoms with Crippen LogP contribution < -0.4 is 5.32 Å². The Kier molecular flexibility index (Phi) is 6.54. The van der Waals surface area contributed by atoms with E-state index in [0.29, 0.717) is 24.1 Å². The molecule has 7 heteroatoms. The lowest BCUT2D eigenvalue weighted by molar-refractivity contribution is -0.172. The highest BCUT2D eigenvalue weighted by atomic mass is 16.5. The van der Waals surface area contributed by atoms with Crippen LogP contribution in [0.5, 0.6) is 0 Å². The molecule has 1 aliphatic carbocycles. The number of carbonyl (C=O) groups is 4. The first kappa shape index (κ1) is 24.6. The van der Waals surface area contributed by atoms with Gasteiger partial charge in [-0.15, -0.1) is 0 Å². The summed E-state index contributed by atoms with van der Waals surface area (Å²) >= 11 is 0. The number of amides is 3. The molecule has 2 bridgehead atoms. The minimum Gasteiger partial charge on any atom is -0.462 e. The van der Waals surface area contributed by atoms with Gasteiger partial charge in [-0.1, -0.05) is 57.2 Å². The van der Waals surface area contributed by atoms with Crippen LogP contribution in [0.25, 0.3) is 0 Å². The van der Waals surface area contributed by atoms with Gasteiger partial charge in [-0.05, 0) is 48.9 Å². The first-order valence-electron chi connectivity index (χ1n) is 12.1. The minimum absolute atomic E-state index is 0.199. The number of piperidine rings is 1. The van der Waals surface area contributed by atoms with Gasteiger partial charge in [0, 0.05) is 18.0 Å². The zero-order chi connectivity index (χ0) is 25.4. The Labute approximate surface area is 205 Å². The molecule has 1 saturated heterocycles. The molecule has 3 amide bonds. The van der Waals surface area contributed by atoms with Crippen LogP contribution in [-0.2, 0) is 25.5 Å². The zero-order valence-electron chi connectivity index (χ0n) is 20.7. The van der Waals surface area contributed by atoms with Crippen molar-refractivity contribution in [1.29, 1.82) is 0 Å². The lowest BCUT2D eigenvalue weighted by Gasteiger charge is -2.49. The van der Waals surface area contributed by atoms with Crippen molar-refractivity contribution in [2.45, 2.75) is 53.0 Å². The number of esters is 1. The quantitative estimate of drug-likeness (QED) is 0.477. The van der Waals surface area contributed by atoms with Crippen molar-refractivity contribution >= 4 is 29.4 Å². The third-order valence-corrected chi connectivity index (χ3v) is 7.98. The number of carbonyl (C=O) groups excluding carboxylic acids is 4. The maximum Gasteiger partial charge on any atom is 0.338 e. The Balaban J connectivity index is 1.67. The van der Waals surface area contributed by atoms with E-state index >= 15 is 0 Å². The fraction of sp³-hybridized carbons (Fsp3) is 0.429. The molecule has 3 unspecified atom stereocenters. The van der Waals surface area contributed by atoms with Crippen LogP contribution in [0.4, 0.5) is 5.69 Å². The van der Waals surface area contributed by atoms with Crippen LogP contribution >= 0.6 is 0 Å². The van der Waals surface area contributed by atoms with Gasteiger partial charge in [-0.2, -0.15) is 0 Å². The van der Waals surface area contributed by atoms with E-state index in [-0.39, 0.29) is 30.8 Å². The van der Waals surface area contributed by atoms with Crippen molar-refractivity contribution in [2.75, 3.05) is 11.9 Å². The molecule has 2 aliphatic rings. The molecular formula is C28H32N2O5. The number of benzene rings is 2. The van der Waals surface area contributed by atoms with Crippen LogP contribution in [0.2, 0.25) is 0 Å². The van der Waals surface area contributed by atoms with E-state index < -0.39 is 28.7 Å². The molecule has 184 valence electrons. The molecule has 2 aromatic rings. The minimum atomic E-state index is -1.01. The van der Waals surface area contributed by atoms with Crippen molar-refractivity contribution < 1.29 is 23.9 Å². The number of hydrogen-bond donors (Lipinski definition) is 1. The molecule has 1 N–H and O–H groups in total. The molecular weight excluding hydrogens is 444 g/mol. The molecule has 0 spiro atoms. The molecule has 4 rings (SSSR count). The van der Waals surface area contributed by atoms with Crippen molar-refractivity contribution in [3.8, 4) is 0 Å². The number of nitrogens with one attached hydrogen (secondary N) is 1. The van der Waals surface area contributed by atoms with Crippen LogP contribution in [0.1, 0.15) is 56.5 Å². The Morgan fingerprint density at radius 3 is 2.49 bits per heavy atom. The zero-order valence-corrected chi connectivity index (χ0v) is 20.7. The van der Waals surface area contributed by atoms with Crippen LogP contribution in [-0.4, -0.2) is 41.2 Å². The Morgan fingerprint density at radius 2 is 1.80 bits per heavy atom. The summed E-state index contributed by atoms with van der Waals surface area (Å²) in [6, 6.07) is 14.8. The second kappa shape index (κ2) is 9.29. The second-order valence-corrected chi connectivity index (χ2v) is 10.2. The maximum absolute atomic E-state index is 13.8. The number of ether oxygens (including phenoxy) is 1. The first-order valence-corrected chi connectivity index (χ1v) is 12.1. The fourth-order valence-electron chi connectivity index (χ4n) is 5.45. The van der Waals surface area contributed by atoms with E-state index in [4.69, 9.17) is 4.74 Å². The monoisotopic (exact) mass is 476 g/mol. The fourth-order valence-corrected chi connectivity index (χ4v) is 5.45. The van der Waals surface area contributed by atoms with Crippen molar-refractivity contribution in [3.05, 3.63) is 65.7 Å². The number of fused-ring (bicyclic) bond motifs is 2. The Morgan fingerprint density at radius 1 is 1.09 bits per heavy atom. The summed E-state index contributed by atoms with van der Waals surface area (Å²) in [5.41, 5.74) is 0.354. The highest BCUT2D eigenvalue weighted by Gasteiger charge is 2.65. The SMILES string of the molecule is CCOC(=O)c1cccc(NC(=O)C(Cc2ccccc2)N2C(=O)C3CCC(C)(C2=O)C3(C)C)c1. The van der Waals surface area contributed by atoms with Gasteiger partial charge in [0.05, 0.1) is 17.6 Å². The van der Waals surface area contributed by atoms with Gasteiger partial charge in [-0.25, -0.2) is 4.79 Å². The average Bonchev–Trinajstić information content (AvgIpc) is 3.02. The standard InChI is InChI=1S/C28H32N2O5/c1-5-35-25(33)19-12-9-13-20(17-19)29-23(31)22(16-18-10-7-6-8-11-18)30-24(32)21-14-15-28(4,26(30)34)27(21,2)3/h6-13,17,21-22H,5,14-16H2,1-4H3,(H,29,31). The summed E-state index contributed by atoms with van der Waals surface area (Å²) in [5.74, 6) is -1.86. The summed E-state index contributed by atoms with van der Waals surface area (Å²) in [4.78, 5) is 54.4. The first-order chi connectivity index (χ1) is 16.6. The molecule has 2 aromatic carbocycles. The van der Waals surface area contributed by atoms with Gasteiger partial charge >= 0.3 is 5.97 Å². The van der Waals surface area contributed by atoms with Crippen molar-refractivity contribution in [3.63, 3.8) is 0 Å². The molecule has 2 fully saturated rings. The predicted octanol–water partition coefficient (Wildman–Crippen LogP) is 4.22. The highest BCUT2D eigenvalue weighted by Crippen LogP contribution is 2.60. The van der Waals surface area contributed by atoms with Gasteiger partial charge in [0.25, 0.3) is 0 Å². The summed E-state index contributed by atoms with van der Waals surface area (Å²) in [6.07, 6.45) is 1.45. The molecule has 1 aliphatic heterocycles. The van der Waals surface area contributed by atoms with Crippen LogP contribution in [0, 0.1) is 16.7 Å². The van der Waals surface area contributed by atoms with E-state index in [2.05, 4.69) is 5.32 Å². The van der Waals surface area contributed by atoms with E-state index in [0.717, 1.165) is 5.56 Å². The lowest BCUT2D eigenvalue weighted by atomic mass is 9.62. The number of rotatable bonds is 7. The number of nitrogens with zero attached hydrogens (tertiary/aromatic N) is 1. The summed E-state index contributed by atoms with van der Waals surface area (Å²) in [5, 5.41) is 2.83. The van der Waals surface area contributed by atoms with E-state index in [9.17, 15) is 19.2 Å². The molecule has 0 aromatic heterocycles. The summed E-state index contributed by atoms with van der Waals surface area (Å²) < 4.78 is 5.05. The Hall–Kier alpha value is -3.48. The van der Waals surface area contributed by atoms with Crippen LogP contribution in [0.15, 0.2) is 54.6 Å². The highest BCUT2D eigenvalue weighted by molar-refractivity contribution is 6.09. The summed E-state index contributed by atoms with van der Waals surface area (Å²) in [7, 11) is 0. The second-order valence-electron chi connectivity index (χ2n) is 10.2. The van der Waals surface area contributed by atoms with Gasteiger partial charge in [0.15, 0.2) is 0 Å². The molecule has 7 nitrogen and oxygen atoms in total.